The summed E-state index contributed by atoms with van der Waals surface area (Å²) < 4.78 is 13.6. The zero-order chi connectivity index (χ0) is 14.0. The highest BCUT2D eigenvalue weighted by molar-refractivity contribution is 9.10. The van der Waals surface area contributed by atoms with Crippen molar-refractivity contribution in [2.24, 2.45) is 0 Å². The number of hydrogen-bond donors (Lipinski definition) is 0. The van der Waals surface area contributed by atoms with E-state index in [1.807, 2.05) is 6.92 Å². The molecule has 0 unspecified atom stereocenters. The Balaban J connectivity index is 2.25. The average molecular weight is 342 g/mol. The Hall–Kier alpha value is -1.19. The van der Waals surface area contributed by atoms with Crippen molar-refractivity contribution < 1.29 is 9.18 Å². The molecule has 0 aliphatic rings. The van der Waals surface area contributed by atoms with E-state index in [0.29, 0.717) is 15.1 Å². The van der Waals surface area contributed by atoms with E-state index in [4.69, 9.17) is 11.6 Å². The first-order chi connectivity index (χ1) is 8.97. The maximum Gasteiger partial charge on any atom is 0.167 e. The van der Waals surface area contributed by atoms with Crippen LogP contribution < -0.4 is 0 Å². The highest BCUT2D eigenvalue weighted by Gasteiger charge is 2.12. The van der Waals surface area contributed by atoms with Crippen molar-refractivity contribution in [3.8, 4) is 0 Å². The van der Waals surface area contributed by atoms with E-state index in [1.165, 1.54) is 12.1 Å². The van der Waals surface area contributed by atoms with Gasteiger partial charge >= 0.3 is 0 Å². The fourth-order valence-corrected chi connectivity index (χ4v) is 2.59. The van der Waals surface area contributed by atoms with E-state index >= 15 is 0 Å². The smallest absolute Gasteiger partial charge is 0.167 e. The largest absolute Gasteiger partial charge is 0.294 e. The van der Waals surface area contributed by atoms with Gasteiger partial charge in [0.1, 0.15) is 5.82 Å². The summed E-state index contributed by atoms with van der Waals surface area (Å²) in [6, 6.07) is 9.50. The molecule has 2 aromatic rings. The van der Waals surface area contributed by atoms with Crippen LogP contribution in [0.2, 0.25) is 5.02 Å². The number of carbonyl (C=O) groups is 1. The molecule has 0 atom stereocenters. The number of ketones is 1. The molecule has 1 nitrogen and oxygen atoms in total. The van der Waals surface area contributed by atoms with Gasteiger partial charge in [-0.2, -0.15) is 0 Å². The Morgan fingerprint density at radius 1 is 1.26 bits per heavy atom. The number of aryl methyl sites for hydroxylation is 1. The van der Waals surface area contributed by atoms with Crippen LogP contribution in [0.1, 0.15) is 21.5 Å². The molecule has 2 aromatic carbocycles. The lowest BCUT2D eigenvalue weighted by molar-refractivity contribution is 0.0992. The number of benzene rings is 2. The normalized spacial score (nSPS) is 10.5. The van der Waals surface area contributed by atoms with Crippen LogP contribution in [0.3, 0.4) is 0 Å². The minimum atomic E-state index is -0.328. The summed E-state index contributed by atoms with van der Waals surface area (Å²) in [4.78, 5) is 12.2. The molecule has 0 saturated carbocycles. The van der Waals surface area contributed by atoms with Crippen LogP contribution in [-0.4, -0.2) is 5.78 Å². The highest BCUT2D eigenvalue weighted by Crippen LogP contribution is 2.22. The fraction of sp³-hybridized carbons (Fsp3) is 0.133. The summed E-state index contributed by atoms with van der Waals surface area (Å²) >= 11 is 9.13. The first kappa shape index (κ1) is 14.2. The van der Waals surface area contributed by atoms with Crippen molar-refractivity contribution >= 4 is 33.3 Å². The van der Waals surface area contributed by atoms with Gasteiger partial charge in [0.15, 0.2) is 5.78 Å². The van der Waals surface area contributed by atoms with Crippen LogP contribution in [0.5, 0.6) is 0 Å². The second-order valence-electron chi connectivity index (χ2n) is 4.29. The minimum Gasteiger partial charge on any atom is -0.294 e. The Morgan fingerprint density at radius 3 is 2.63 bits per heavy atom. The van der Waals surface area contributed by atoms with Gasteiger partial charge in [0.2, 0.25) is 0 Å². The first-order valence-corrected chi connectivity index (χ1v) is 6.88. The van der Waals surface area contributed by atoms with Gasteiger partial charge in [-0.25, -0.2) is 4.39 Å². The molecule has 0 aliphatic heterocycles. The van der Waals surface area contributed by atoms with E-state index in [9.17, 15) is 9.18 Å². The fourth-order valence-electron chi connectivity index (χ4n) is 1.87. The Morgan fingerprint density at radius 2 is 2.00 bits per heavy atom. The van der Waals surface area contributed by atoms with Crippen molar-refractivity contribution in [3.63, 3.8) is 0 Å². The van der Waals surface area contributed by atoms with E-state index in [1.54, 1.807) is 24.3 Å². The molecule has 0 N–H and O–H groups in total. The molecular weight excluding hydrogens is 331 g/mol. The van der Waals surface area contributed by atoms with Crippen molar-refractivity contribution in [3.05, 3.63) is 68.4 Å². The molecule has 4 heteroatoms. The molecule has 0 saturated heterocycles. The van der Waals surface area contributed by atoms with Crippen molar-refractivity contribution in [2.75, 3.05) is 0 Å². The molecule has 0 aliphatic carbocycles. The van der Waals surface area contributed by atoms with Crippen LogP contribution in [0, 0.1) is 12.7 Å². The van der Waals surface area contributed by atoms with Gasteiger partial charge in [0.25, 0.3) is 0 Å². The summed E-state index contributed by atoms with van der Waals surface area (Å²) in [7, 11) is 0. The Kier molecular flexibility index (Phi) is 4.38. The summed E-state index contributed by atoms with van der Waals surface area (Å²) in [5.74, 6) is -0.341. The van der Waals surface area contributed by atoms with E-state index in [2.05, 4.69) is 15.9 Å². The van der Waals surface area contributed by atoms with Crippen LogP contribution in [0.15, 0.2) is 40.9 Å². The molecule has 0 amide bonds. The molecule has 19 heavy (non-hydrogen) atoms. The lowest BCUT2D eigenvalue weighted by Crippen LogP contribution is -2.06. The van der Waals surface area contributed by atoms with E-state index in [0.717, 1.165) is 11.1 Å². The Labute approximate surface area is 124 Å². The third-order valence-electron chi connectivity index (χ3n) is 2.85. The van der Waals surface area contributed by atoms with Gasteiger partial charge in [-0.1, -0.05) is 33.6 Å². The number of carbonyl (C=O) groups excluding carboxylic acids is 1. The number of Topliss-reactive ketones (excluding diaryl/α,β-unsaturated/α-hetero) is 1. The molecular formula is C15H11BrClFO. The lowest BCUT2D eigenvalue weighted by atomic mass is 9.99. The first-order valence-electron chi connectivity index (χ1n) is 5.70. The number of halogens is 3. The summed E-state index contributed by atoms with van der Waals surface area (Å²) in [5.41, 5.74) is 2.25. The zero-order valence-corrected chi connectivity index (χ0v) is 12.6. The van der Waals surface area contributed by atoms with Crippen molar-refractivity contribution in [1.29, 1.82) is 0 Å². The summed E-state index contributed by atoms with van der Waals surface area (Å²) in [5, 5.41) is 0.608. The van der Waals surface area contributed by atoms with Crippen molar-refractivity contribution in [2.45, 2.75) is 13.3 Å². The maximum atomic E-state index is 13.0. The quantitative estimate of drug-likeness (QED) is 0.720. The molecule has 0 spiro atoms. The Bertz CT molecular complexity index is 640. The molecule has 0 fully saturated rings. The van der Waals surface area contributed by atoms with Gasteiger partial charge in [0.05, 0.1) is 0 Å². The third kappa shape index (κ3) is 3.43. The molecule has 98 valence electrons. The van der Waals surface area contributed by atoms with Gasteiger partial charge in [-0.3, -0.25) is 4.79 Å². The second kappa shape index (κ2) is 5.85. The zero-order valence-electron chi connectivity index (χ0n) is 10.2. The molecule has 2 rings (SSSR count). The monoisotopic (exact) mass is 340 g/mol. The molecule has 0 aromatic heterocycles. The molecule has 0 bridgehead atoms. The molecule has 0 radical (unpaired) electrons. The van der Waals surface area contributed by atoms with Gasteiger partial charge < -0.3 is 0 Å². The minimum absolute atomic E-state index is 0.0125. The van der Waals surface area contributed by atoms with Crippen molar-refractivity contribution in [1.82, 2.24) is 0 Å². The van der Waals surface area contributed by atoms with Crippen LogP contribution in [-0.2, 0) is 6.42 Å². The van der Waals surface area contributed by atoms with Gasteiger partial charge in [0, 0.05) is 21.5 Å². The standard InChI is InChI=1S/C15H11BrClFO/c1-9-6-11(17)3-5-13(9)15(19)7-10-2-4-12(18)8-14(10)16/h2-6,8H,7H2,1H3. The predicted octanol–water partition coefficient (Wildman–Crippen LogP) is 4.98. The van der Waals surface area contributed by atoms with Crippen LogP contribution in [0.25, 0.3) is 0 Å². The topological polar surface area (TPSA) is 17.1 Å². The predicted molar refractivity (Wildman–Crippen MR) is 78.3 cm³/mol. The SMILES string of the molecule is Cc1cc(Cl)ccc1C(=O)Cc1ccc(F)cc1Br. The maximum absolute atomic E-state index is 13.0. The summed E-state index contributed by atoms with van der Waals surface area (Å²) in [6.45, 7) is 1.85. The van der Waals surface area contributed by atoms with E-state index in [-0.39, 0.29) is 18.0 Å². The van der Waals surface area contributed by atoms with Gasteiger partial charge in [-0.05, 0) is 48.4 Å². The molecule has 0 heterocycles. The summed E-state index contributed by atoms with van der Waals surface area (Å²) in [6.07, 6.45) is 0.226. The third-order valence-corrected chi connectivity index (χ3v) is 3.83. The van der Waals surface area contributed by atoms with Crippen LogP contribution >= 0.6 is 27.5 Å². The number of hydrogen-bond acceptors (Lipinski definition) is 1. The van der Waals surface area contributed by atoms with Gasteiger partial charge in [-0.15, -0.1) is 0 Å². The average Bonchev–Trinajstić information content (AvgIpc) is 2.32. The second-order valence-corrected chi connectivity index (χ2v) is 5.59. The lowest BCUT2D eigenvalue weighted by Gasteiger charge is -2.07. The highest BCUT2D eigenvalue weighted by atomic mass is 79.9. The van der Waals surface area contributed by atoms with Crippen LogP contribution in [0.4, 0.5) is 4.39 Å². The van der Waals surface area contributed by atoms with E-state index < -0.39 is 0 Å². The number of rotatable bonds is 3.